The van der Waals surface area contributed by atoms with Crippen LogP contribution in [-0.2, 0) is 38.4 Å². The first-order valence-electron chi connectivity index (χ1n) is 33.9. The van der Waals surface area contributed by atoms with E-state index in [1.54, 1.807) is 0 Å². The number of unbranched alkanes of at least 4 members (excludes halogenated alkanes) is 2. The van der Waals surface area contributed by atoms with Crippen molar-refractivity contribution in [3.8, 4) is 5.75 Å². The number of para-hydroxylation sites is 1. The van der Waals surface area contributed by atoms with E-state index in [-0.39, 0.29) is 42.0 Å². The maximum atomic E-state index is 11.4. The number of hydrogen-bond donors (Lipinski definition) is 0. The Kier molecular flexibility index (Phi) is 48.4. The van der Waals surface area contributed by atoms with Gasteiger partial charge in [0.1, 0.15) is 29.7 Å². The van der Waals surface area contributed by atoms with Gasteiger partial charge in [-0.15, -0.1) is 11.8 Å². The Morgan fingerprint density at radius 1 is 0.461 bits per heavy atom. The predicted molar refractivity (Wildman–Crippen MR) is 391 cm³/mol. The fourth-order valence-corrected chi connectivity index (χ4v) is 9.72. The first-order chi connectivity index (χ1) is 42.2. The van der Waals surface area contributed by atoms with E-state index in [4.69, 9.17) is 4.74 Å². The van der Waals surface area contributed by atoms with E-state index in [1.165, 1.54) is 75.8 Å². The molecule has 0 amide bonds. The van der Waals surface area contributed by atoms with Gasteiger partial charge < -0.3 is 4.74 Å². The molecule has 0 bridgehead atoms. The minimum absolute atomic E-state index is 0.0451. The topological polar surface area (TPSA) is 77.5 Å². The zero-order valence-corrected chi connectivity index (χ0v) is 60.2. The van der Waals surface area contributed by atoms with Crippen LogP contribution in [0.25, 0.3) is 10.8 Å². The van der Waals surface area contributed by atoms with Gasteiger partial charge in [0.05, 0.1) is 0 Å². The zero-order valence-electron chi connectivity index (χ0n) is 59.4. The summed E-state index contributed by atoms with van der Waals surface area (Å²) in [5, 5.41) is 2.70. The summed E-state index contributed by atoms with van der Waals surface area (Å²) in [7, 11) is 0. The van der Waals surface area contributed by atoms with Gasteiger partial charge in [-0.05, 0) is 159 Å². The molecule has 2 atom stereocenters. The molecule has 0 saturated carbocycles. The summed E-state index contributed by atoms with van der Waals surface area (Å²) in [5.74, 6) is 7.11. The predicted octanol–water partition coefficient (Wildman–Crippen LogP) is 23.7. The van der Waals surface area contributed by atoms with Gasteiger partial charge in [-0.1, -0.05) is 275 Å². The monoisotopic (exact) mass is 1230 g/mol. The van der Waals surface area contributed by atoms with Gasteiger partial charge in [-0.2, -0.15) is 0 Å². The minimum Gasteiger partial charge on any atom is -0.486 e. The van der Waals surface area contributed by atoms with Gasteiger partial charge in [-0.3, -0.25) is 19.2 Å². The summed E-state index contributed by atoms with van der Waals surface area (Å²) >= 11 is 1.95. The van der Waals surface area contributed by atoms with Crippen molar-refractivity contribution in [2.75, 3.05) is 12.4 Å². The van der Waals surface area contributed by atoms with Gasteiger partial charge in [0, 0.05) is 47.3 Å². The van der Waals surface area contributed by atoms with Crippen molar-refractivity contribution < 1.29 is 23.9 Å². The molecular formula is C83H124O5S. The van der Waals surface area contributed by atoms with E-state index in [0.717, 1.165) is 74.9 Å². The Bertz CT molecular complexity index is 2720. The van der Waals surface area contributed by atoms with Gasteiger partial charge >= 0.3 is 0 Å². The Morgan fingerprint density at radius 3 is 1.45 bits per heavy atom. The van der Waals surface area contributed by atoms with Gasteiger partial charge in [-0.25, -0.2) is 0 Å². The van der Waals surface area contributed by atoms with Crippen LogP contribution >= 0.6 is 11.8 Å². The second-order valence-electron chi connectivity index (χ2n) is 26.6. The van der Waals surface area contributed by atoms with Crippen LogP contribution in [0.4, 0.5) is 0 Å². The van der Waals surface area contributed by atoms with Crippen LogP contribution < -0.4 is 4.74 Å². The van der Waals surface area contributed by atoms with Crippen molar-refractivity contribution >= 4 is 45.7 Å². The highest BCUT2D eigenvalue weighted by Crippen LogP contribution is 2.21. The Balaban J connectivity index is 0.00000102. The lowest BCUT2D eigenvalue weighted by Gasteiger charge is -2.10. The molecule has 0 radical (unpaired) electrons. The standard InChI is InChI=1S/C15H22O.C15H18.C13H24O.C11H14O2.C11H16S.C10H14.C8H16O/c1-13(2)15(16)12-8-4-7-11-14-9-5-3-6-10-14;1-12(2)7-8-13-9-10-14-5-3-4-6-15(14)11-13;1-10(2)7-6-8-12(5)9-13(14)11(3)4;1-9(2)11(12)8-13-10-6-4-3-5-7-10;1-10(2)8-9-12-11-6-4-3-5-7-11;1-9(2)8-10-6-4-3-5-7-10;1-5-7(4)8(9)6(2)3/h3,5-6,9-10,13H,4,7-8,11-12H2,1-2H3;3-6,9-12H,7-8H2,1-2H3;7,11-12H,6,8-9H2,1-5H3;3-7,9H,8H2,1-2H3;3-7,10H,8-9H2,1-2H3;3-7,9H,8H2,1-2H3;6-7H,5H2,1-4H3. The lowest BCUT2D eigenvalue weighted by Crippen LogP contribution is -2.16. The molecule has 0 N–H and O–H groups in total. The number of allylic oxidation sites excluding steroid dienone is 2. The highest BCUT2D eigenvalue weighted by molar-refractivity contribution is 7.99. The van der Waals surface area contributed by atoms with Crippen LogP contribution in [0.15, 0.2) is 180 Å². The van der Waals surface area contributed by atoms with Crippen molar-refractivity contribution in [2.45, 2.75) is 220 Å². The molecule has 0 fully saturated rings. The molecule has 0 aliphatic heterocycles. The summed E-state index contributed by atoms with van der Waals surface area (Å²) in [4.78, 5) is 46.5. The second kappa shape index (κ2) is 51.8. The molecular weight excluding hydrogens is 1110 g/mol. The van der Waals surface area contributed by atoms with Crippen molar-refractivity contribution in [1.29, 1.82) is 0 Å². The van der Waals surface area contributed by atoms with Crippen LogP contribution in [0.1, 0.15) is 212 Å². The molecule has 6 rings (SSSR count). The third-order valence-electron chi connectivity index (χ3n) is 14.7. The maximum absolute atomic E-state index is 11.4. The normalized spacial score (nSPS) is 11.3. The third-order valence-corrected chi connectivity index (χ3v) is 15.8. The number of Topliss-reactive ketones (excluding diaryl/α,β-unsaturated/α-hetero) is 4. The van der Waals surface area contributed by atoms with Gasteiger partial charge in [0.15, 0.2) is 5.78 Å². The Hall–Kier alpha value is -5.85. The summed E-state index contributed by atoms with van der Waals surface area (Å²) in [5.41, 5.74) is 5.67. The number of rotatable bonds is 29. The molecule has 0 spiro atoms. The third kappa shape index (κ3) is 46.8. The largest absolute Gasteiger partial charge is 0.486 e. The number of carbonyl (C=O) groups is 4. The summed E-state index contributed by atoms with van der Waals surface area (Å²) < 4.78 is 5.28. The first kappa shape index (κ1) is 83.2. The van der Waals surface area contributed by atoms with Crippen molar-refractivity contribution in [3.05, 3.63) is 192 Å². The smallest absolute Gasteiger partial charge is 0.172 e. The average molecular weight is 1230 g/mol. The zero-order chi connectivity index (χ0) is 66.9. The number of carbonyl (C=O) groups excluding carboxylic acids is 4. The number of ether oxygens (including phenoxy) is 1. The maximum Gasteiger partial charge on any atom is 0.172 e. The van der Waals surface area contributed by atoms with Crippen LogP contribution in [0.3, 0.4) is 0 Å². The van der Waals surface area contributed by atoms with Gasteiger partial charge in [0.25, 0.3) is 0 Å². The molecule has 2 unspecified atom stereocenters. The quantitative estimate of drug-likeness (QED) is 0.0265. The molecule has 89 heavy (non-hydrogen) atoms. The molecule has 492 valence electrons. The van der Waals surface area contributed by atoms with E-state index in [1.807, 2.05) is 117 Å². The minimum atomic E-state index is 0.0451. The second-order valence-corrected chi connectivity index (χ2v) is 27.8. The van der Waals surface area contributed by atoms with Crippen molar-refractivity contribution in [1.82, 2.24) is 0 Å². The van der Waals surface area contributed by atoms with Crippen LogP contribution in [0, 0.1) is 53.3 Å². The SMILES string of the molecule is CC(C)=CCCC(C)CC(=O)C(C)C.CC(C)C(=O)CCCCCc1ccccc1.CC(C)C(=O)COc1ccccc1.CC(C)CCSc1ccccc1.CC(C)CCc1ccc2ccccc2c1.CC(C)Cc1ccccc1.CCC(C)C(=O)C(C)C. The fraction of sp³-hybridized carbons (Fsp3) is 0.518. The number of hydrogen-bond acceptors (Lipinski definition) is 6. The number of fused-ring (bicyclic) bond motifs is 1. The van der Waals surface area contributed by atoms with Gasteiger partial charge in [0.2, 0.25) is 0 Å². The summed E-state index contributed by atoms with van der Waals surface area (Å²) in [6.45, 7) is 39.7. The molecule has 5 nitrogen and oxygen atoms in total. The molecule has 0 aromatic heterocycles. The number of ketones is 4. The summed E-state index contributed by atoms with van der Waals surface area (Å²) in [6, 6.07) is 56.5. The van der Waals surface area contributed by atoms with E-state index in [2.05, 4.69) is 196 Å². The molecule has 0 heterocycles. The average Bonchev–Trinajstić information content (AvgIpc) is 3.04. The fourth-order valence-electron chi connectivity index (χ4n) is 8.55. The highest BCUT2D eigenvalue weighted by Gasteiger charge is 2.14. The van der Waals surface area contributed by atoms with E-state index in [9.17, 15) is 19.2 Å². The lowest BCUT2D eigenvalue weighted by atomic mass is 9.94. The number of thioether (sulfide) groups is 1. The summed E-state index contributed by atoms with van der Waals surface area (Å²) in [6.07, 6.45) is 16.5. The number of aryl methyl sites for hydroxylation is 2. The van der Waals surface area contributed by atoms with E-state index in [0.29, 0.717) is 23.3 Å². The molecule has 0 saturated heterocycles. The molecule has 0 aliphatic carbocycles. The molecule has 0 aliphatic rings. The van der Waals surface area contributed by atoms with Crippen LogP contribution in [0.5, 0.6) is 5.75 Å². The highest BCUT2D eigenvalue weighted by atomic mass is 32.2. The molecule has 6 aromatic rings. The van der Waals surface area contributed by atoms with Crippen molar-refractivity contribution in [3.63, 3.8) is 0 Å². The van der Waals surface area contributed by atoms with Crippen molar-refractivity contribution in [2.24, 2.45) is 53.3 Å². The Morgan fingerprint density at radius 2 is 0.966 bits per heavy atom. The van der Waals surface area contributed by atoms with E-state index >= 15 is 0 Å². The molecule has 6 aromatic carbocycles. The molecule has 6 heteroatoms. The Labute approximate surface area is 549 Å². The van der Waals surface area contributed by atoms with E-state index < -0.39 is 0 Å². The first-order valence-corrected chi connectivity index (χ1v) is 34.9. The van der Waals surface area contributed by atoms with Crippen LogP contribution in [0.2, 0.25) is 0 Å². The van der Waals surface area contributed by atoms with Crippen LogP contribution in [-0.4, -0.2) is 35.5 Å². The lowest BCUT2D eigenvalue weighted by molar-refractivity contribution is -0.125. The number of benzene rings is 6.